The Labute approximate surface area is 378 Å². The van der Waals surface area contributed by atoms with Gasteiger partial charge in [0.2, 0.25) is 11.8 Å². The molecule has 1 aromatic heterocycles. The number of likely N-dealkylation sites (tertiary alicyclic amines) is 1. The van der Waals surface area contributed by atoms with E-state index in [4.69, 9.17) is 35.5 Å². The second-order valence-electron chi connectivity index (χ2n) is 16.6. The van der Waals surface area contributed by atoms with Crippen molar-refractivity contribution in [3.05, 3.63) is 82.6 Å². The van der Waals surface area contributed by atoms with Crippen LogP contribution in [0, 0.1) is 5.82 Å². The first-order valence-electron chi connectivity index (χ1n) is 22.0. The number of hydrogen-bond donors (Lipinski definition) is 3. The average molecular weight is 910 g/mol. The molecule has 18 heteroatoms. The summed E-state index contributed by atoms with van der Waals surface area (Å²) >= 11 is 6.87. The van der Waals surface area contributed by atoms with Crippen molar-refractivity contribution < 1.29 is 47.6 Å². The Morgan fingerprint density at radius 3 is 2.43 bits per heavy atom. The first-order valence-corrected chi connectivity index (χ1v) is 22.3. The predicted molar refractivity (Wildman–Crippen MR) is 239 cm³/mol. The topological polar surface area (TPSA) is 185 Å². The SMILES string of the molecule is C[C@H](CN1CCC(OCCOCCOc2ccc3c(c2)C(=O)N(C2CCC(=O)NC2=O)C3=O)CC1)Oc1nc(N2CCNCC2)c2cc(Cl)c(-c3cc(O)cc4ccccc34)c(F)c2n1. The summed E-state index contributed by atoms with van der Waals surface area (Å²) in [6.07, 6.45) is 1.56. The normalized spacial score (nSPS) is 19.0. The van der Waals surface area contributed by atoms with Crippen LogP contribution in [0.2, 0.25) is 5.02 Å². The van der Waals surface area contributed by atoms with E-state index >= 15 is 4.39 Å². The largest absolute Gasteiger partial charge is 0.508 e. The zero-order valence-electron chi connectivity index (χ0n) is 35.8. The molecule has 0 spiro atoms. The number of benzene rings is 4. The average Bonchev–Trinajstić information content (AvgIpc) is 3.54. The molecule has 0 bridgehead atoms. The molecule has 16 nitrogen and oxygen atoms in total. The molecular weight excluding hydrogens is 861 g/mol. The zero-order valence-corrected chi connectivity index (χ0v) is 36.6. The maximum atomic E-state index is 16.9. The third kappa shape index (κ3) is 9.42. The molecule has 4 aromatic carbocycles. The monoisotopic (exact) mass is 909 g/mol. The predicted octanol–water partition coefficient (Wildman–Crippen LogP) is 5.10. The molecule has 5 heterocycles. The van der Waals surface area contributed by atoms with Crippen molar-refractivity contribution in [3.63, 3.8) is 0 Å². The van der Waals surface area contributed by atoms with E-state index in [0.29, 0.717) is 55.4 Å². The van der Waals surface area contributed by atoms with E-state index in [1.54, 1.807) is 18.2 Å². The number of hydrogen-bond acceptors (Lipinski definition) is 14. The van der Waals surface area contributed by atoms with Crippen LogP contribution in [0.1, 0.15) is 53.3 Å². The van der Waals surface area contributed by atoms with Gasteiger partial charge in [-0.3, -0.25) is 34.3 Å². The minimum absolute atomic E-state index is 0.000163. The minimum Gasteiger partial charge on any atom is -0.508 e. The Morgan fingerprint density at radius 1 is 0.862 bits per heavy atom. The number of aromatic hydroxyl groups is 1. The van der Waals surface area contributed by atoms with Gasteiger partial charge in [0.05, 0.1) is 42.1 Å². The van der Waals surface area contributed by atoms with Gasteiger partial charge in [-0.25, -0.2) is 4.39 Å². The summed E-state index contributed by atoms with van der Waals surface area (Å²) in [5, 5.41) is 18.3. The molecule has 4 aliphatic rings. The van der Waals surface area contributed by atoms with E-state index in [-0.39, 0.29) is 77.3 Å². The molecule has 340 valence electrons. The van der Waals surface area contributed by atoms with Gasteiger partial charge in [-0.05, 0) is 78.9 Å². The van der Waals surface area contributed by atoms with Crippen LogP contribution in [0.15, 0.2) is 60.7 Å². The number of aromatic nitrogens is 2. The molecule has 3 saturated heterocycles. The highest BCUT2D eigenvalue weighted by Crippen LogP contribution is 2.42. The van der Waals surface area contributed by atoms with E-state index in [9.17, 15) is 24.3 Å². The molecule has 0 saturated carbocycles. The van der Waals surface area contributed by atoms with Gasteiger partial charge in [0, 0.05) is 63.2 Å². The number of amides is 4. The van der Waals surface area contributed by atoms with Gasteiger partial charge < -0.3 is 34.3 Å². The molecule has 3 N–H and O–H groups in total. The number of ether oxygens (including phenoxy) is 4. The van der Waals surface area contributed by atoms with Crippen LogP contribution in [0.5, 0.6) is 17.5 Å². The number of piperidine rings is 2. The van der Waals surface area contributed by atoms with Gasteiger partial charge >= 0.3 is 6.01 Å². The lowest BCUT2D eigenvalue weighted by Crippen LogP contribution is -2.54. The van der Waals surface area contributed by atoms with E-state index in [2.05, 4.69) is 25.4 Å². The quantitative estimate of drug-likeness (QED) is 0.0931. The van der Waals surface area contributed by atoms with Crippen molar-refractivity contribution in [3.8, 4) is 28.6 Å². The number of piperazine rings is 1. The molecule has 4 amide bonds. The number of phenolic OH excluding ortho intramolecular Hbond substituents is 1. The third-order valence-electron chi connectivity index (χ3n) is 12.2. The second kappa shape index (κ2) is 19.2. The number of phenols is 1. The summed E-state index contributed by atoms with van der Waals surface area (Å²) in [7, 11) is 0. The van der Waals surface area contributed by atoms with E-state index in [1.807, 2.05) is 31.2 Å². The van der Waals surface area contributed by atoms with Gasteiger partial charge in [0.15, 0.2) is 5.82 Å². The molecule has 2 atom stereocenters. The maximum absolute atomic E-state index is 16.9. The Kier molecular flexibility index (Phi) is 13.1. The van der Waals surface area contributed by atoms with Gasteiger partial charge in [-0.15, -0.1) is 0 Å². The summed E-state index contributed by atoms with van der Waals surface area (Å²) in [5.41, 5.74) is 1.04. The number of carbonyl (C=O) groups is 4. The fraction of sp³-hybridized carbons (Fsp3) is 0.404. The Bertz CT molecular complexity index is 2660. The first kappa shape index (κ1) is 44.2. The smallest absolute Gasteiger partial charge is 0.319 e. The summed E-state index contributed by atoms with van der Waals surface area (Å²) in [6.45, 7) is 8.24. The third-order valence-corrected chi connectivity index (χ3v) is 12.5. The van der Waals surface area contributed by atoms with Crippen molar-refractivity contribution in [2.45, 2.75) is 50.9 Å². The van der Waals surface area contributed by atoms with E-state index in [0.717, 1.165) is 54.7 Å². The number of fused-ring (bicyclic) bond motifs is 3. The second-order valence-corrected chi connectivity index (χ2v) is 17.0. The summed E-state index contributed by atoms with van der Waals surface area (Å²) in [4.78, 5) is 64.7. The molecule has 3 fully saturated rings. The Balaban J connectivity index is 0.748. The number of rotatable bonds is 15. The highest BCUT2D eigenvalue weighted by molar-refractivity contribution is 6.35. The molecule has 65 heavy (non-hydrogen) atoms. The fourth-order valence-corrected chi connectivity index (χ4v) is 9.35. The molecule has 5 aromatic rings. The lowest BCUT2D eigenvalue weighted by atomic mass is 9.96. The summed E-state index contributed by atoms with van der Waals surface area (Å²) < 4.78 is 40.9. The lowest BCUT2D eigenvalue weighted by molar-refractivity contribution is -0.136. The van der Waals surface area contributed by atoms with Gasteiger partial charge in [-0.2, -0.15) is 9.97 Å². The van der Waals surface area contributed by atoms with Gasteiger partial charge in [0.1, 0.15) is 41.6 Å². The van der Waals surface area contributed by atoms with Gasteiger partial charge in [-0.1, -0.05) is 35.9 Å². The number of nitrogens with zero attached hydrogens (tertiary/aromatic N) is 5. The number of carbonyl (C=O) groups excluding carboxylic acids is 4. The molecule has 0 radical (unpaired) electrons. The van der Waals surface area contributed by atoms with E-state index < -0.39 is 35.5 Å². The van der Waals surface area contributed by atoms with E-state index in [1.165, 1.54) is 18.2 Å². The number of halogens is 2. The Hall–Kier alpha value is -5.98. The fourth-order valence-electron chi connectivity index (χ4n) is 9.05. The zero-order chi connectivity index (χ0) is 45.2. The summed E-state index contributed by atoms with van der Waals surface area (Å²) in [5.74, 6) is -1.92. The van der Waals surface area contributed by atoms with Crippen LogP contribution in [-0.2, 0) is 19.1 Å². The minimum atomic E-state index is -1.03. The van der Waals surface area contributed by atoms with Crippen molar-refractivity contribution in [2.75, 3.05) is 77.1 Å². The van der Waals surface area contributed by atoms with Crippen LogP contribution < -0.4 is 25.0 Å². The molecule has 9 rings (SSSR count). The van der Waals surface area contributed by atoms with Crippen molar-refractivity contribution in [1.82, 2.24) is 30.4 Å². The van der Waals surface area contributed by atoms with Crippen molar-refractivity contribution >= 4 is 62.7 Å². The maximum Gasteiger partial charge on any atom is 0.319 e. The first-order chi connectivity index (χ1) is 31.5. The molecule has 4 aliphatic heterocycles. The molecule has 1 unspecified atom stereocenters. The van der Waals surface area contributed by atoms with Crippen molar-refractivity contribution in [1.29, 1.82) is 0 Å². The number of nitrogens with one attached hydrogen (secondary N) is 2. The van der Waals surface area contributed by atoms with Gasteiger partial charge in [0.25, 0.3) is 11.8 Å². The summed E-state index contributed by atoms with van der Waals surface area (Å²) in [6, 6.07) is 15.9. The number of anilines is 1. The standard InChI is InChI=1S/C47H49ClFN7O9/c1-27(65-47-52-42-36(43(53-47)55-16-12-50-13-17-55)25-37(48)40(41(42)49)34-23-29(57)22-28-4-2-3-5-32(28)34)26-54-14-10-30(11-15-54)63-20-18-62-19-21-64-31-6-7-33-35(24-31)46(61)56(45(33)60)38-8-9-39(58)51-44(38)59/h2-7,22-25,27,30,38,50,57H,8-21,26H2,1H3,(H,51,58,59)/t27-,38?/m1/s1. The van der Waals surface area contributed by atoms with Crippen LogP contribution in [0.25, 0.3) is 32.8 Å². The van der Waals surface area contributed by atoms with Crippen LogP contribution in [0.3, 0.4) is 0 Å². The number of imide groups is 2. The molecule has 0 aliphatic carbocycles. The molecular formula is C47H49ClFN7O9. The van der Waals surface area contributed by atoms with Crippen LogP contribution in [0.4, 0.5) is 10.2 Å². The highest BCUT2D eigenvalue weighted by atomic mass is 35.5. The lowest BCUT2D eigenvalue weighted by Gasteiger charge is -2.33. The van der Waals surface area contributed by atoms with Crippen molar-refractivity contribution in [2.24, 2.45) is 0 Å². The van der Waals surface area contributed by atoms with Crippen LogP contribution in [-0.4, -0.2) is 139 Å². The highest BCUT2D eigenvalue weighted by Gasteiger charge is 2.44. The Morgan fingerprint density at radius 2 is 1.63 bits per heavy atom. The van der Waals surface area contributed by atoms with Crippen LogP contribution >= 0.6 is 11.6 Å².